The standard InChI is InChI=1S/C10H14Cl2N2/c11-8-4-1-3-7(10(8)12)9(14)5-2-6-13/h1,3-4,9H,2,5-6,13-14H2/t9-/m0/s1. The molecule has 1 rings (SSSR count). The third-order valence-electron chi connectivity index (χ3n) is 2.10. The predicted molar refractivity (Wildman–Crippen MR) is 61.7 cm³/mol. The van der Waals surface area contributed by atoms with E-state index in [1.54, 1.807) is 6.07 Å². The van der Waals surface area contributed by atoms with Crippen molar-refractivity contribution in [3.8, 4) is 0 Å². The van der Waals surface area contributed by atoms with Crippen molar-refractivity contribution in [3.63, 3.8) is 0 Å². The average Bonchev–Trinajstić information content (AvgIpc) is 2.18. The number of nitrogens with two attached hydrogens (primary N) is 2. The number of rotatable bonds is 4. The molecule has 0 saturated carbocycles. The van der Waals surface area contributed by atoms with Crippen LogP contribution in [0.3, 0.4) is 0 Å². The summed E-state index contributed by atoms with van der Waals surface area (Å²) in [6.07, 6.45) is 1.72. The lowest BCUT2D eigenvalue weighted by molar-refractivity contribution is 0.618. The third kappa shape index (κ3) is 2.85. The summed E-state index contributed by atoms with van der Waals surface area (Å²) in [7, 11) is 0. The molecule has 4 heteroatoms. The molecule has 1 aromatic rings. The average molecular weight is 233 g/mol. The minimum absolute atomic E-state index is 0.0789. The molecule has 78 valence electrons. The Morgan fingerprint density at radius 2 is 2.00 bits per heavy atom. The van der Waals surface area contributed by atoms with Crippen LogP contribution in [0.1, 0.15) is 24.4 Å². The van der Waals surface area contributed by atoms with Crippen molar-refractivity contribution in [1.82, 2.24) is 0 Å². The summed E-state index contributed by atoms with van der Waals surface area (Å²) in [5.74, 6) is 0. The second-order valence-electron chi connectivity index (χ2n) is 3.18. The lowest BCUT2D eigenvalue weighted by Gasteiger charge is -2.13. The summed E-state index contributed by atoms with van der Waals surface area (Å²) in [5, 5.41) is 1.10. The molecule has 0 heterocycles. The lowest BCUT2D eigenvalue weighted by Crippen LogP contribution is -2.13. The van der Waals surface area contributed by atoms with Gasteiger partial charge in [0.1, 0.15) is 0 Å². The van der Waals surface area contributed by atoms with Gasteiger partial charge in [-0.25, -0.2) is 0 Å². The molecule has 0 fully saturated rings. The van der Waals surface area contributed by atoms with Crippen LogP contribution in [-0.2, 0) is 0 Å². The van der Waals surface area contributed by atoms with Gasteiger partial charge in [0, 0.05) is 6.04 Å². The lowest BCUT2D eigenvalue weighted by atomic mass is 10.0. The highest BCUT2D eigenvalue weighted by Crippen LogP contribution is 2.30. The fraction of sp³-hybridized carbons (Fsp3) is 0.400. The van der Waals surface area contributed by atoms with Gasteiger partial charge in [0.25, 0.3) is 0 Å². The molecule has 0 saturated heterocycles. The first kappa shape index (κ1) is 11.8. The van der Waals surface area contributed by atoms with Gasteiger partial charge in [-0.2, -0.15) is 0 Å². The van der Waals surface area contributed by atoms with Gasteiger partial charge >= 0.3 is 0 Å². The van der Waals surface area contributed by atoms with Crippen molar-refractivity contribution in [2.45, 2.75) is 18.9 Å². The van der Waals surface area contributed by atoms with E-state index >= 15 is 0 Å². The smallest absolute Gasteiger partial charge is 0.0639 e. The Bertz CT molecular complexity index is 302. The first-order valence-corrected chi connectivity index (χ1v) is 5.32. The van der Waals surface area contributed by atoms with Crippen LogP contribution in [0.25, 0.3) is 0 Å². The van der Waals surface area contributed by atoms with E-state index in [9.17, 15) is 0 Å². The van der Waals surface area contributed by atoms with Crippen LogP contribution >= 0.6 is 23.2 Å². The molecule has 4 N–H and O–H groups in total. The van der Waals surface area contributed by atoms with Crippen molar-refractivity contribution in [1.29, 1.82) is 0 Å². The molecule has 0 aromatic heterocycles. The van der Waals surface area contributed by atoms with Crippen molar-refractivity contribution in [3.05, 3.63) is 33.8 Å². The maximum absolute atomic E-state index is 6.02. The van der Waals surface area contributed by atoms with E-state index in [-0.39, 0.29) is 6.04 Å². The largest absolute Gasteiger partial charge is 0.330 e. The minimum atomic E-state index is -0.0789. The van der Waals surface area contributed by atoms with Crippen molar-refractivity contribution >= 4 is 23.2 Å². The quantitative estimate of drug-likeness (QED) is 0.839. The van der Waals surface area contributed by atoms with E-state index in [4.69, 9.17) is 34.7 Å². The molecule has 0 bridgehead atoms. The van der Waals surface area contributed by atoms with Crippen molar-refractivity contribution < 1.29 is 0 Å². The number of hydrogen-bond acceptors (Lipinski definition) is 2. The normalized spacial score (nSPS) is 12.9. The highest BCUT2D eigenvalue weighted by molar-refractivity contribution is 6.42. The number of benzene rings is 1. The Kier molecular flexibility index (Phi) is 4.69. The summed E-state index contributed by atoms with van der Waals surface area (Å²) in [4.78, 5) is 0. The van der Waals surface area contributed by atoms with E-state index < -0.39 is 0 Å². The van der Waals surface area contributed by atoms with Gasteiger partial charge in [0.15, 0.2) is 0 Å². The van der Waals surface area contributed by atoms with Gasteiger partial charge in [-0.1, -0.05) is 35.3 Å². The zero-order valence-electron chi connectivity index (χ0n) is 7.84. The summed E-state index contributed by atoms with van der Waals surface area (Å²) >= 11 is 11.9. The number of halogens is 2. The predicted octanol–water partition coefficient (Wildman–Crippen LogP) is 2.73. The zero-order chi connectivity index (χ0) is 10.6. The van der Waals surface area contributed by atoms with E-state index in [2.05, 4.69) is 0 Å². The summed E-state index contributed by atoms with van der Waals surface area (Å²) in [6.45, 7) is 0.645. The van der Waals surface area contributed by atoms with E-state index in [0.29, 0.717) is 16.6 Å². The van der Waals surface area contributed by atoms with E-state index in [1.807, 2.05) is 12.1 Å². The highest BCUT2D eigenvalue weighted by atomic mass is 35.5. The molecule has 1 aromatic carbocycles. The monoisotopic (exact) mass is 232 g/mol. The topological polar surface area (TPSA) is 52.0 Å². The Morgan fingerprint density at radius 1 is 1.29 bits per heavy atom. The molecule has 2 nitrogen and oxygen atoms in total. The molecular weight excluding hydrogens is 219 g/mol. The molecular formula is C10H14Cl2N2. The highest BCUT2D eigenvalue weighted by Gasteiger charge is 2.11. The molecule has 0 spiro atoms. The van der Waals surface area contributed by atoms with Crippen LogP contribution in [0.4, 0.5) is 0 Å². The third-order valence-corrected chi connectivity index (χ3v) is 2.93. The van der Waals surface area contributed by atoms with Gasteiger partial charge in [-0.05, 0) is 31.0 Å². The molecule has 1 atom stereocenters. The molecule has 0 unspecified atom stereocenters. The molecule has 0 amide bonds. The van der Waals surface area contributed by atoms with Crippen LogP contribution < -0.4 is 11.5 Å². The first-order chi connectivity index (χ1) is 6.66. The number of hydrogen-bond donors (Lipinski definition) is 2. The van der Waals surface area contributed by atoms with Gasteiger partial charge in [-0.3, -0.25) is 0 Å². The fourth-order valence-corrected chi connectivity index (χ4v) is 1.75. The van der Waals surface area contributed by atoms with Crippen molar-refractivity contribution in [2.75, 3.05) is 6.54 Å². The van der Waals surface area contributed by atoms with E-state index in [1.165, 1.54) is 0 Å². The van der Waals surface area contributed by atoms with Crippen LogP contribution in [0.2, 0.25) is 10.0 Å². The van der Waals surface area contributed by atoms with Crippen LogP contribution in [0.15, 0.2) is 18.2 Å². The molecule has 14 heavy (non-hydrogen) atoms. The van der Waals surface area contributed by atoms with Gasteiger partial charge in [-0.15, -0.1) is 0 Å². The van der Waals surface area contributed by atoms with E-state index in [0.717, 1.165) is 18.4 Å². The van der Waals surface area contributed by atoms with Gasteiger partial charge in [0.05, 0.1) is 10.0 Å². The Labute approximate surface area is 94.2 Å². The summed E-state index contributed by atoms with van der Waals surface area (Å²) in [6, 6.07) is 5.43. The maximum atomic E-state index is 6.02. The Hall–Kier alpha value is -0.280. The first-order valence-electron chi connectivity index (χ1n) is 4.56. The Morgan fingerprint density at radius 3 is 2.64 bits per heavy atom. The van der Waals surface area contributed by atoms with Gasteiger partial charge < -0.3 is 11.5 Å². The van der Waals surface area contributed by atoms with Crippen LogP contribution in [0.5, 0.6) is 0 Å². The van der Waals surface area contributed by atoms with Crippen molar-refractivity contribution in [2.24, 2.45) is 11.5 Å². The summed E-state index contributed by atoms with van der Waals surface area (Å²) < 4.78 is 0. The fourth-order valence-electron chi connectivity index (χ4n) is 1.30. The summed E-state index contributed by atoms with van der Waals surface area (Å²) in [5.41, 5.74) is 12.3. The molecule has 0 aliphatic carbocycles. The second-order valence-corrected chi connectivity index (χ2v) is 3.97. The zero-order valence-corrected chi connectivity index (χ0v) is 9.35. The minimum Gasteiger partial charge on any atom is -0.330 e. The SMILES string of the molecule is NCCC[C@H](N)c1cccc(Cl)c1Cl. The maximum Gasteiger partial charge on any atom is 0.0639 e. The second kappa shape index (κ2) is 5.56. The molecule has 0 aliphatic heterocycles. The molecule has 0 aliphatic rings. The molecule has 0 radical (unpaired) electrons. The van der Waals surface area contributed by atoms with Crippen LogP contribution in [-0.4, -0.2) is 6.54 Å². The Balaban J connectivity index is 2.79. The van der Waals surface area contributed by atoms with Crippen LogP contribution in [0, 0.1) is 0 Å². The van der Waals surface area contributed by atoms with Gasteiger partial charge in [0.2, 0.25) is 0 Å².